The van der Waals surface area contributed by atoms with Crippen LogP contribution in [0.3, 0.4) is 0 Å². The van der Waals surface area contributed by atoms with E-state index in [1.165, 1.54) is 11.4 Å². The number of methoxy groups -OCH3 is 1. The van der Waals surface area contributed by atoms with Crippen LogP contribution in [0, 0.1) is 6.92 Å². The Morgan fingerprint density at radius 2 is 1.74 bits per heavy atom. The van der Waals surface area contributed by atoms with Crippen molar-refractivity contribution in [3.63, 3.8) is 0 Å². The molecule has 1 unspecified atom stereocenters. The van der Waals surface area contributed by atoms with Crippen molar-refractivity contribution >= 4 is 27.7 Å². The van der Waals surface area contributed by atoms with E-state index < -0.39 is 10.0 Å². The average Bonchev–Trinajstić information content (AvgIpc) is 2.84. The Labute approximate surface area is 206 Å². The first kappa shape index (κ1) is 25.8. The number of thioether (sulfide) groups is 1. The van der Waals surface area contributed by atoms with E-state index >= 15 is 0 Å². The minimum Gasteiger partial charge on any atom is -0.495 e. The van der Waals surface area contributed by atoms with E-state index in [4.69, 9.17) is 4.74 Å². The maximum atomic E-state index is 13.7. The van der Waals surface area contributed by atoms with Gasteiger partial charge in [-0.3, -0.25) is 4.79 Å². The van der Waals surface area contributed by atoms with Crippen LogP contribution in [-0.4, -0.2) is 38.5 Å². The molecule has 3 aromatic carbocycles. The number of benzene rings is 3. The molecule has 3 aromatic rings. The molecule has 1 amide bonds. The molecule has 0 fully saturated rings. The quantitative estimate of drug-likeness (QED) is 0.407. The van der Waals surface area contributed by atoms with Gasteiger partial charge in [0.15, 0.2) is 0 Å². The van der Waals surface area contributed by atoms with Crippen molar-refractivity contribution in [2.45, 2.75) is 36.2 Å². The summed E-state index contributed by atoms with van der Waals surface area (Å²) in [5, 5.41) is 2.93. The molecular weight excluding hydrogens is 468 g/mol. The monoisotopic (exact) mass is 498 g/mol. The fraction of sp³-hybridized carbons (Fsp3) is 0.269. The van der Waals surface area contributed by atoms with Crippen molar-refractivity contribution in [2.24, 2.45) is 0 Å². The summed E-state index contributed by atoms with van der Waals surface area (Å²) in [5.41, 5.74) is 2.51. The summed E-state index contributed by atoms with van der Waals surface area (Å²) in [4.78, 5) is 14.2. The van der Waals surface area contributed by atoms with Crippen LogP contribution in [0.4, 0.5) is 0 Å². The zero-order valence-corrected chi connectivity index (χ0v) is 21.4. The lowest BCUT2D eigenvalue weighted by Crippen LogP contribution is -2.41. The maximum Gasteiger partial charge on any atom is 0.247 e. The van der Waals surface area contributed by atoms with Gasteiger partial charge in [0.2, 0.25) is 15.9 Å². The van der Waals surface area contributed by atoms with Crippen molar-refractivity contribution in [3.05, 3.63) is 89.5 Å². The van der Waals surface area contributed by atoms with Gasteiger partial charge in [-0.25, -0.2) is 8.42 Å². The number of ether oxygens (including phenoxy) is 1. The number of sulfonamides is 1. The van der Waals surface area contributed by atoms with Crippen LogP contribution in [0.5, 0.6) is 5.75 Å². The highest BCUT2D eigenvalue weighted by Gasteiger charge is 2.30. The van der Waals surface area contributed by atoms with E-state index in [2.05, 4.69) is 5.32 Å². The molecule has 0 spiro atoms. The molecule has 0 saturated carbocycles. The van der Waals surface area contributed by atoms with Crippen LogP contribution in [0.25, 0.3) is 0 Å². The number of nitrogens with zero attached hydrogens (tertiary/aromatic N) is 1. The zero-order valence-electron chi connectivity index (χ0n) is 19.8. The second-order valence-electron chi connectivity index (χ2n) is 7.98. The van der Waals surface area contributed by atoms with Crippen molar-refractivity contribution in [2.75, 3.05) is 19.9 Å². The van der Waals surface area contributed by atoms with Gasteiger partial charge in [0.05, 0.1) is 19.7 Å². The first-order valence-electron chi connectivity index (χ1n) is 10.9. The van der Waals surface area contributed by atoms with Gasteiger partial charge < -0.3 is 10.1 Å². The predicted octanol–water partition coefficient (Wildman–Crippen LogP) is 4.79. The van der Waals surface area contributed by atoms with Crippen LogP contribution < -0.4 is 10.1 Å². The molecule has 180 valence electrons. The van der Waals surface area contributed by atoms with E-state index in [1.54, 1.807) is 30.0 Å². The van der Waals surface area contributed by atoms with Crippen LogP contribution in [0.15, 0.2) is 82.6 Å². The molecule has 6 nitrogen and oxygen atoms in total. The van der Waals surface area contributed by atoms with Crippen molar-refractivity contribution in [3.8, 4) is 5.75 Å². The maximum absolute atomic E-state index is 13.7. The minimum atomic E-state index is -4.02. The number of rotatable bonds is 10. The Hall–Kier alpha value is -2.81. The lowest BCUT2D eigenvalue weighted by atomic mass is 10.1. The third-order valence-corrected chi connectivity index (χ3v) is 8.01. The third kappa shape index (κ3) is 6.40. The number of aryl methyl sites for hydroxylation is 1. The molecule has 1 N–H and O–H groups in total. The fourth-order valence-electron chi connectivity index (χ4n) is 3.56. The fourth-order valence-corrected chi connectivity index (χ4v) is 5.59. The topological polar surface area (TPSA) is 75.7 Å². The number of nitrogens with one attached hydrogen (secondary N) is 1. The molecule has 0 aliphatic heterocycles. The molecule has 0 bridgehead atoms. The molecule has 0 aliphatic carbocycles. The van der Waals surface area contributed by atoms with Crippen LogP contribution in [0.1, 0.15) is 29.7 Å². The van der Waals surface area contributed by atoms with Gasteiger partial charge >= 0.3 is 0 Å². The lowest BCUT2D eigenvalue weighted by Gasteiger charge is -2.24. The van der Waals surface area contributed by atoms with Gasteiger partial charge in [0.1, 0.15) is 10.6 Å². The highest BCUT2D eigenvalue weighted by atomic mass is 32.2. The summed E-state index contributed by atoms with van der Waals surface area (Å²) in [7, 11) is -2.59. The molecule has 0 heterocycles. The predicted molar refractivity (Wildman–Crippen MR) is 137 cm³/mol. The number of carbonyl (C=O) groups is 1. The highest BCUT2D eigenvalue weighted by Crippen LogP contribution is 2.29. The molecule has 1 atom stereocenters. The molecule has 0 radical (unpaired) electrons. The van der Waals surface area contributed by atoms with E-state index in [0.717, 1.165) is 21.6 Å². The largest absolute Gasteiger partial charge is 0.495 e. The molecule has 0 saturated heterocycles. The molecule has 3 rings (SSSR count). The summed E-state index contributed by atoms with van der Waals surface area (Å²) < 4.78 is 33.9. The van der Waals surface area contributed by atoms with Gasteiger partial charge in [-0.2, -0.15) is 4.31 Å². The van der Waals surface area contributed by atoms with Gasteiger partial charge in [0.25, 0.3) is 0 Å². The second-order valence-corrected chi connectivity index (χ2v) is 10.8. The third-order valence-electron chi connectivity index (χ3n) is 5.45. The first-order valence-corrected chi connectivity index (χ1v) is 13.5. The SMILES string of the molecule is COc1ccc(C)cc1S(=O)(=O)N(CC(=O)NC(C)c1ccc(SC)cc1)Cc1ccccc1. The van der Waals surface area contributed by atoms with E-state index in [0.29, 0.717) is 0 Å². The van der Waals surface area contributed by atoms with Crippen molar-refractivity contribution < 1.29 is 17.9 Å². The Morgan fingerprint density at radius 1 is 1.06 bits per heavy atom. The number of carbonyl (C=O) groups excluding carboxylic acids is 1. The van der Waals surface area contributed by atoms with Crippen LogP contribution in [-0.2, 0) is 21.4 Å². The Morgan fingerprint density at radius 3 is 2.35 bits per heavy atom. The summed E-state index contributed by atoms with van der Waals surface area (Å²) in [6, 6.07) is 21.9. The number of amides is 1. The Kier molecular flexibility index (Phi) is 8.77. The van der Waals surface area contributed by atoms with Gasteiger partial charge in [0, 0.05) is 11.4 Å². The summed E-state index contributed by atoms with van der Waals surface area (Å²) in [5.74, 6) is -0.140. The van der Waals surface area contributed by atoms with E-state index in [9.17, 15) is 13.2 Å². The van der Waals surface area contributed by atoms with Gasteiger partial charge in [-0.1, -0.05) is 48.5 Å². The second kappa shape index (κ2) is 11.6. The minimum absolute atomic E-state index is 0.0411. The molecule has 8 heteroatoms. The normalized spacial score (nSPS) is 12.4. The van der Waals surface area contributed by atoms with Crippen LogP contribution >= 0.6 is 11.8 Å². The van der Waals surface area contributed by atoms with Gasteiger partial charge in [-0.05, 0) is 61.1 Å². The Bertz CT molecular complexity index is 1210. The first-order chi connectivity index (χ1) is 16.2. The molecule has 0 aromatic heterocycles. The highest BCUT2D eigenvalue weighted by molar-refractivity contribution is 7.98. The molecule has 34 heavy (non-hydrogen) atoms. The average molecular weight is 499 g/mol. The smallest absolute Gasteiger partial charge is 0.247 e. The lowest BCUT2D eigenvalue weighted by molar-refractivity contribution is -0.122. The standard InChI is InChI=1S/C26H30N2O4S2/c1-19-10-15-24(32-3)25(16-19)34(30,31)28(17-21-8-6-5-7-9-21)18-26(29)27-20(2)22-11-13-23(33-4)14-12-22/h5-16,20H,17-18H2,1-4H3,(H,27,29). The van der Waals surface area contributed by atoms with E-state index in [-0.39, 0.29) is 35.7 Å². The van der Waals surface area contributed by atoms with E-state index in [1.807, 2.05) is 74.7 Å². The summed E-state index contributed by atoms with van der Waals surface area (Å²) >= 11 is 1.65. The Balaban J connectivity index is 1.87. The van der Waals surface area contributed by atoms with Crippen LogP contribution in [0.2, 0.25) is 0 Å². The zero-order chi connectivity index (χ0) is 24.7. The molecular formula is C26H30N2O4S2. The number of hydrogen-bond acceptors (Lipinski definition) is 5. The van der Waals surface area contributed by atoms with Crippen molar-refractivity contribution in [1.82, 2.24) is 9.62 Å². The van der Waals surface area contributed by atoms with Crippen molar-refractivity contribution in [1.29, 1.82) is 0 Å². The molecule has 0 aliphatic rings. The van der Waals surface area contributed by atoms with Gasteiger partial charge in [-0.15, -0.1) is 11.8 Å². The summed E-state index contributed by atoms with van der Waals surface area (Å²) in [6.07, 6.45) is 2.01. The number of hydrogen-bond donors (Lipinski definition) is 1. The summed E-state index contributed by atoms with van der Waals surface area (Å²) in [6.45, 7) is 3.44.